The average Bonchev–Trinajstić information content (AvgIpc) is 2.01. The summed E-state index contributed by atoms with van der Waals surface area (Å²) in [6.07, 6.45) is 1.90. The Kier molecular flexibility index (Phi) is 7.52. The Bertz CT molecular complexity index is 256. The van der Waals surface area contributed by atoms with Crippen LogP contribution in [0.2, 0.25) is 0 Å². The van der Waals surface area contributed by atoms with E-state index >= 15 is 0 Å². The Labute approximate surface area is 97.5 Å². The van der Waals surface area contributed by atoms with Crippen molar-refractivity contribution in [3.05, 3.63) is 0 Å². The standard InChI is InChI=1S/C9H20ClNO3S/c1-11(7-9(10)8-14-2)5-4-6-15(3,12)13/h9H,4-8H2,1-3H3. The van der Waals surface area contributed by atoms with Crippen molar-refractivity contribution in [2.45, 2.75) is 11.8 Å². The van der Waals surface area contributed by atoms with E-state index in [1.165, 1.54) is 6.26 Å². The largest absolute Gasteiger partial charge is 0.383 e. The molecular weight excluding hydrogens is 238 g/mol. The van der Waals surface area contributed by atoms with Crippen LogP contribution in [-0.4, -0.2) is 64.6 Å². The summed E-state index contributed by atoms with van der Waals surface area (Å²) in [5.41, 5.74) is 0. The van der Waals surface area contributed by atoms with E-state index in [-0.39, 0.29) is 11.1 Å². The van der Waals surface area contributed by atoms with Gasteiger partial charge in [0.25, 0.3) is 0 Å². The zero-order valence-corrected chi connectivity index (χ0v) is 11.1. The van der Waals surface area contributed by atoms with Crippen LogP contribution in [0.4, 0.5) is 0 Å². The molecule has 0 fully saturated rings. The van der Waals surface area contributed by atoms with Crippen molar-refractivity contribution in [3.63, 3.8) is 0 Å². The van der Waals surface area contributed by atoms with Gasteiger partial charge in [0.05, 0.1) is 17.7 Å². The van der Waals surface area contributed by atoms with Gasteiger partial charge in [-0.3, -0.25) is 0 Å². The first kappa shape index (κ1) is 15.2. The molecule has 0 rings (SSSR count). The monoisotopic (exact) mass is 257 g/mol. The van der Waals surface area contributed by atoms with Gasteiger partial charge < -0.3 is 9.64 Å². The van der Waals surface area contributed by atoms with Gasteiger partial charge in [0.2, 0.25) is 0 Å². The minimum absolute atomic E-state index is 0.0433. The quantitative estimate of drug-likeness (QED) is 0.598. The van der Waals surface area contributed by atoms with Gasteiger partial charge in [-0.05, 0) is 20.0 Å². The molecule has 0 spiro atoms. The van der Waals surface area contributed by atoms with Crippen LogP contribution in [0.1, 0.15) is 6.42 Å². The molecule has 0 radical (unpaired) electrons. The Hall–Kier alpha value is 0.160. The minimum atomic E-state index is -2.84. The Morgan fingerprint density at radius 1 is 1.47 bits per heavy atom. The predicted octanol–water partition coefficient (Wildman–Crippen LogP) is 0.607. The molecule has 0 amide bonds. The van der Waals surface area contributed by atoms with E-state index < -0.39 is 9.84 Å². The van der Waals surface area contributed by atoms with Gasteiger partial charge >= 0.3 is 0 Å². The summed E-state index contributed by atoms with van der Waals surface area (Å²) in [7, 11) is 0.691. The lowest BCUT2D eigenvalue weighted by molar-refractivity contribution is 0.182. The maximum atomic E-state index is 10.9. The Morgan fingerprint density at radius 3 is 2.53 bits per heavy atom. The summed E-state index contributed by atoms with van der Waals surface area (Å²) in [6, 6.07) is 0. The fraction of sp³-hybridized carbons (Fsp3) is 1.00. The molecule has 92 valence electrons. The maximum Gasteiger partial charge on any atom is 0.147 e. The van der Waals surface area contributed by atoms with Gasteiger partial charge in [0.1, 0.15) is 9.84 Å². The zero-order valence-electron chi connectivity index (χ0n) is 9.57. The van der Waals surface area contributed by atoms with Crippen molar-refractivity contribution >= 4 is 21.4 Å². The number of hydrogen-bond donors (Lipinski definition) is 0. The van der Waals surface area contributed by atoms with Crippen molar-refractivity contribution in [1.29, 1.82) is 0 Å². The second-order valence-electron chi connectivity index (χ2n) is 3.80. The molecule has 0 saturated carbocycles. The number of hydrogen-bond acceptors (Lipinski definition) is 4. The molecule has 0 aromatic carbocycles. The van der Waals surface area contributed by atoms with E-state index in [2.05, 4.69) is 0 Å². The number of sulfone groups is 1. The van der Waals surface area contributed by atoms with Gasteiger partial charge in [0.15, 0.2) is 0 Å². The molecule has 6 heteroatoms. The average molecular weight is 258 g/mol. The molecule has 0 bridgehead atoms. The lowest BCUT2D eigenvalue weighted by Crippen LogP contribution is -2.30. The van der Waals surface area contributed by atoms with E-state index in [9.17, 15) is 8.42 Å². The molecule has 0 aliphatic heterocycles. The lowest BCUT2D eigenvalue weighted by Gasteiger charge is -2.19. The number of ether oxygens (including phenoxy) is 1. The summed E-state index contributed by atoms with van der Waals surface area (Å²) in [5, 5.41) is -0.0433. The van der Waals surface area contributed by atoms with Crippen LogP contribution in [0.25, 0.3) is 0 Å². The first-order valence-corrected chi connectivity index (χ1v) is 7.34. The molecule has 0 aromatic rings. The second kappa shape index (κ2) is 7.44. The molecule has 0 aliphatic carbocycles. The van der Waals surface area contributed by atoms with Crippen molar-refractivity contribution in [1.82, 2.24) is 4.90 Å². The van der Waals surface area contributed by atoms with Gasteiger partial charge in [-0.25, -0.2) is 8.42 Å². The summed E-state index contributed by atoms with van der Waals surface area (Å²) in [6.45, 7) is 1.96. The molecule has 1 atom stereocenters. The second-order valence-corrected chi connectivity index (χ2v) is 6.68. The molecule has 0 aromatic heterocycles. The van der Waals surface area contributed by atoms with Crippen LogP contribution in [0.15, 0.2) is 0 Å². The Morgan fingerprint density at radius 2 is 2.07 bits per heavy atom. The van der Waals surface area contributed by atoms with E-state index in [0.29, 0.717) is 19.6 Å². The Balaban J connectivity index is 3.61. The minimum Gasteiger partial charge on any atom is -0.383 e. The molecule has 4 nitrogen and oxygen atoms in total. The number of alkyl halides is 1. The van der Waals surface area contributed by atoms with Crippen molar-refractivity contribution in [2.75, 3.05) is 45.9 Å². The van der Waals surface area contributed by atoms with Crippen LogP contribution in [0.3, 0.4) is 0 Å². The SMILES string of the molecule is COCC(Cl)CN(C)CCCS(C)(=O)=O. The third kappa shape index (κ3) is 10.4. The normalized spacial score (nSPS) is 14.5. The highest BCUT2D eigenvalue weighted by Gasteiger charge is 2.09. The number of rotatable bonds is 8. The fourth-order valence-corrected chi connectivity index (χ4v) is 2.27. The highest BCUT2D eigenvalue weighted by molar-refractivity contribution is 7.90. The highest BCUT2D eigenvalue weighted by atomic mass is 35.5. The number of methoxy groups -OCH3 is 1. The van der Waals surface area contributed by atoms with Crippen LogP contribution in [0.5, 0.6) is 0 Å². The third-order valence-corrected chi connectivity index (χ3v) is 3.21. The topological polar surface area (TPSA) is 46.6 Å². The van der Waals surface area contributed by atoms with Gasteiger partial charge in [-0.15, -0.1) is 11.6 Å². The first-order valence-electron chi connectivity index (χ1n) is 4.84. The summed E-state index contributed by atoms with van der Waals surface area (Å²) < 4.78 is 26.7. The van der Waals surface area contributed by atoms with Gasteiger partial charge in [0, 0.05) is 19.9 Å². The third-order valence-electron chi connectivity index (χ3n) is 1.91. The van der Waals surface area contributed by atoms with E-state index in [1.807, 2.05) is 11.9 Å². The van der Waals surface area contributed by atoms with Gasteiger partial charge in [-0.2, -0.15) is 0 Å². The van der Waals surface area contributed by atoms with Crippen molar-refractivity contribution in [3.8, 4) is 0 Å². The van der Waals surface area contributed by atoms with E-state index in [0.717, 1.165) is 6.54 Å². The van der Waals surface area contributed by atoms with Gasteiger partial charge in [-0.1, -0.05) is 0 Å². The summed E-state index contributed by atoms with van der Waals surface area (Å²) in [5.74, 6) is 0.231. The van der Waals surface area contributed by atoms with Crippen LogP contribution in [-0.2, 0) is 14.6 Å². The van der Waals surface area contributed by atoms with E-state index in [4.69, 9.17) is 16.3 Å². The maximum absolute atomic E-state index is 10.9. The summed E-state index contributed by atoms with van der Waals surface area (Å²) in [4.78, 5) is 2.02. The smallest absolute Gasteiger partial charge is 0.147 e. The van der Waals surface area contributed by atoms with E-state index in [1.54, 1.807) is 7.11 Å². The molecule has 0 aliphatic rings. The zero-order chi connectivity index (χ0) is 11.9. The fourth-order valence-electron chi connectivity index (χ4n) is 1.26. The highest BCUT2D eigenvalue weighted by Crippen LogP contribution is 2.00. The molecule has 0 saturated heterocycles. The molecular formula is C9H20ClNO3S. The van der Waals surface area contributed by atoms with Crippen LogP contribution in [0, 0.1) is 0 Å². The number of nitrogens with zero attached hydrogens (tertiary/aromatic N) is 1. The number of halogens is 1. The first-order chi connectivity index (χ1) is 6.85. The van der Waals surface area contributed by atoms with Crippen LogP contribution < -0.4 is 0 Å². The molecule has 15 heavy (non-hydrogen) atoms. The molecule has 1 unspecified atom stereocenters. The predicted molar refractivity (Wildman–Crippen MR) is 63.3 cm³/mol. The lowest BCUT2D eigenvalue weighted by atomic mass is 10.3. The van der Waals surface area contributed by atoms with Crippen LogP contribution >= 0.6 is 11.6 Å². The van der Waals surface area contributed by atoms with Crippen molar-refractivity contribution in [2.24, 2.45) is 0 Å². The molecule has 0 N–H and O–H groups in total. The van der Waals surface area contributed by atoms with Crippen molar-refractivity contribution < 1.29 is 13.2 Å². The molecule has 0 heterocycles. The summed E-state index contributed by atoms with van der Waals surface area (Å²) >= 11 is 5.96.